The number of aromatic nitrogens is 6. The van der Waals surface area contributed by atoms with E-state index >= 15 is 0 Å². The van der Waals surface area contributed by atoms with Crippen LogP contribution in [0.25, 0.3) is 16.7 Å². The van der Waals surface area contributed by atoms with Gasteiger partial charge in [-0.1, -0.05) is 12.1 Å². The first-order valence-corrected chi connectivity index (χ1v) is 11.0. The Morgan fingerprint density at radius 2 is 1.91 bits per heavy atom. The minimum absolute atomic E-state index is 0.207. The fraction of sp³-hybridized carbons (Fsp3) is 0.263. The summed E-state index contributed by atoms with van der Waals surface area (Å²) in [5.74, 6) is 0.0534. The van der Waals surface area contributed by atoms with Crippen molar-refractivity contribution in [3.63, 3.8) is 0 Å². The Balaban J connectivity index is 1.52. The summed E-state index contributed by atoms with van der Waals surface area (Å²) in [5.41, 5.74) is 0.815. The van der Waals surface area contributed by atoms with E-state index in [1.165, 1.54) is 0 Å². The molecule has 0 radical (unpaired) electrons. The van der Waals surface area contributed by atoms with Crippen LogP contribution in [0.1, 0.15) is 30.0 Å². The SMILES string of the molecule is Cn1ncc2ccc(C3CC3)c(NS(=O)(=O)c3cnn(-c4cc(C(F)(F)F)ncn4)c3)c21. The van der Waals surface area contributed by atoms with E-state index in [1.54, 1.807) is 17.9 Å². The van der Waals surface area contributed by atoms with E-state index in [4.69, 9.17) is 0 Å². The maximum Gasteiger partial charge on any atom is 0.433 e. The molecule has 5 rings (SSSR count). The molecule has 0 bridgehead atoms. The number of nitrogens with zero attached hydrogens (tertiary/aromatic N) is 6. The molecule has 1 aliphatic carbocycles. The highest BCUT2D eigenvalue weighted by Crippen LogP contribution is 2.46. The molecule has 1 fully saturated rings. The van der Waals surface area contributed by atoms with Crippen LogP contribution in [-0.2, 0) is 23.2 Å². The molecule has 13 heteroatoms. The molecule has 0 spiro atoms. The normalized spacial score (nSPS) is 14.8. The number of anilines is 1. The Labute approximate surface area is 180 Å². The fourth-order valence-electron chi connectivity index (χ4n) is 3.52. The lowest BCUT2D eigenvalue weighted by Gasteiger charge is -2.14. The number of hydrogen-bond acceptors (Lipinski definition) is 6. The van der Waals surface area contributed by atoms with Gasteiger partial charge in [0.2, 0.25) is 0 Å². The summed E-state index contributed by atoms with van der Waals surface area (Å²) in [6.07, 6.45) is 1.81. The van der Waals surface area contributed by atoms with Crippen molar-refractivity contribution in [2.45, 2.75) is 29.8 Å². The summed E-state index contributed by atoms with van der Waals surface area (Å²) in [4.78, 5) is 6.73. The number of rotatable bonds is 5. The first-order chi connectivity index (χ1) is 15.1. The van der Waals surface area contributed by atoms with Crippen molar-refractivity contribution in [2.75, 3.05) is 4.72 Å². The Morgan fingerprint density at radius 3 is 2.62 bits per heavy atom. The van der Waals surface area contributed by atoms with Crippen molar-refractivity contribution in [2.24, 2.45) is 7.05 Å². The van der Waals surface area contributed by atoms with Gasteiger partial charge in [0.15, 0.2) is 5.82 Å². The summed E-state index contributed by atoms with van der Waals surface area (Å²) in [5, 5.41) is 8.87. The van der Waals surface area contributed by atoms with E-state index in [-0.39, 0.29) is 16.6 Å². The quantitative estimate of drug-likeness (QED) is 0.487. The van der Waals surface area contributed by atoms with Crippen molar-refractivity contribution < 1.29 is 21.6 Å². The van der Waals surface area contributed by atoms with Crippen LogP contribution in [0.15, 0.2) is 48.0 Å². The average Bonchev–Trinajstić information content (AvgIpc) is 3.31. The molecule has 1 saturated carbocycles. The Morgan fingerprint density at radius 1 is 1.12 bits per heavy atom. The monoisotopic (exact) mass is 463 g/mol. The van der Waals surface area contributed by atoms with Gasteiger partial charge in [-0.05, 0) is 24.3 Å². The van der Waals surface area contributed by atoms with Gasteiger partial charge >= 0.3 is 6.18 Å². The van der Waals surface area contributed by atoms with E-state index in [9.17, 15) is 21.6 Å². The third kappa shape index (κ3) is 3.57. The molecule has 9 nitrogen and oxygen atoms in total. The lowest BCUT2D eigenvalue weighted by Crippen LogP contribution is -2.15. The summed E-state index contributed by atoms with van der Waals surface area (Å²) in [6.45, 7) is 0. The molecular formula is C19H16F3N7O2S. The number of fused-ring (bicyclic) bond motifs is 1. The average molecular weight is 463 g/mol. The van der Waals surface area contributed by atoms with Gasteiger partial charge in [-0.2, -0.15) is 23.4 Å². The number of hydrogen-bond donors (Lipinski definition) is 1. The highest BCUT2D eigenvalue weighted by molar-refractivity contribution is 7.92. The zero-order chi connectivity index (χ0) is 22.7. The lowest BCUT2D eigenvalue weighted by molar-refractivity contribution is -0.141. The minimum Gasteiger partial charge on any atom is -0.277 e. The second-order valence-corrected chi connectivity index (χ2v) is 9.18. The van der Waals surface area contributed by atoms with Gasteiger partial charge in [-0.25, -0.2) is 23.1 Å². The van der Waals surface area contributed by atoms with E-state index in [1.807, 2.05) is 12.1 Å². The maximum atomic E-state index is 13.1. The molecule has 166 valence electrons. The molecule has 3 aromatic heterocycles. The summed E-state index contributed by atoms with van der Waals surface area (Å²) in [7, 11) is -2.37. The number of nitrogens with one attached hydrogen (secondary N) is 1. The molecule has 3 heterocycles. The number of aryl methyl sites for hydroxylation is 1. The standard InChI is InChI=1S/C19H16F3N7O2S/c1-28-18-12(7-25-28)4-5-14(11-2-3-11)17(18)27-32(30,31)13-8-26-29(9-13)16-6-15(19(20,21)22)23-10-24-16/h4-11,27H,2-3H2,1H3. The number of alkyl halides is 3. The number of halogens is 3. The van der Waals surface area contributed by atoms with Crippen molar-refractivity contribution in [1.29, 1.82) is 0 Å². The van der Waals surface area contributed by atoms with Gasteiger partial charge in [0.05, 0.1) is 29.8 Å². The zero-order valence-electron chi connectivity index (χ0n) is 16.6. The van der Waals surface area contributed by atoms with Gasteiger partial charge in [0.25, 0.3) is 10.0 Å². The molecule has 32 heavy (non-hydrogen) atoms. The third-order valence-electron chi connectivity index (χ3n) is 5.24. The van der Waals surface area contributed by atoms with E-state index < -0.39 is 21.9 Å². The molecular weight excluding hydrogens is 447 g/mol. The van der Waals surface area contributed by atoms with Gasteiger partial charge in [-0.15, -0.1) is 0 Å². The first-order valence-electron chi connectivity index (χ1n) is 9.55. The topological polar surface area (TPSA) is 108 Å². The molecule has 0 amide bonds. The van der Waals surface area contributed by atoms with E-state index in [2.05, 4.69) is 24.9 Å². The third-order valence-corrected chi connectivity index (χ3v) is 6.54. The van der Waals surface area contributed by atoms with Crippen LogP contribution < -0.4 is 4.72 Å². The van der Waals surface area contributed by atoms with Crippen molar-refractivity contribution >= 4 is 26.6 Å². The van der Waals surface area contributed by atoms with E-state index in [0.29, 0.717) is 17.3 Å². The Hall–Kier alpha value is -3.48. The van der Waals surface area contributed by atoms with Crippen LogP contribution >= 0.6 is 0 Å². The molecule has 0 atom stereocenters. The molecule has 4 aromatic rings. The minimum atomic E-state index is -4.66. The summed E-state index contributed by atoms with van der Waals surface area (Å²) >= 11 is 0. The van der Waals surface area contributed by atoms with Gasteiger partial charge in [0.1, 0.15) is 16.9 Å². The van der Waals surface area contributed by atoms with Gasteiger partial charge < -0.3 is 0 Å². The Kier molecular flexibility index (Phi) is 4.48. The molecule has 0 unspecified atom stereocenters. The Bertz CT molecular complexity index is 1440. The predicted molar refractivity (Wildman–Crippen MR) is 108 cm³/mol. The molecule has 0 aliphatic heterocycles. The van der Waals surface area contributed by atoms with Gasteiger partial charge in [-0.3, -0.25) is 9.40 Å². The summed E-state index contributed by atoms with van der Waals surface area (Å²) < 4.78 is 70.3. The smallest absolute Gasteiger partial charge is 0.277 e. The lowest BCUT2D eigenvalue weighted by atomic mass is 10.1. The molecule has 1 aliphatic rings. The maximum absolute atomic E-state index is 13.1. The van der Waals surface area contributed by atoms with E-state index in [0.717, 1.165) is 47.2 Å². The fourth-order valence-corrected chi connectivity index (χ4v) is 4.54. The second-order valence-electron chi connectivity index (χ2n) is 7.50. The summed E-state index contributed by atoms with van der Waals surface area (Å²) in [6, 6.07) is 4.49. The van der Waals surface area contributed by atoms with Crippen molar-refractivity contribution in [1.82, 2.24) is 29.5 Å². The van der Waals surface area contributed by atoms with Crippen LogP contribution in [0.5, 0.6) is 0 Å². The van der Waals surface area contributed by atoms with Crippen LogP contribution in [0.3, 0.4) is 0 Å². The second kappa shape index (κ2) is 7.02. The zero-order valence-corrected chi connectivity index (χ0v) is 17.4. The van der Waals surface area contributed by atoms with Crippen LogP contribution in [0.4, 0.5) is 18.9 Å². The van der Waals surface area contributed by atoms with Crippen molar-refractivity contribution in [3.05, 3.63) is 54.4 Å². The first kappa shape index (κ1) is 20.4. The number of benzene rings is 1. The van der Waals surface area contributed by atoms with Crippen LogP contribution in [0, 0.1) is 0 Å². The predicted octanol–water partition coefficient (Wildman–Crippen LogP) is 3.25. The number of sulfonamides is 1. The highest BCUT2D eigenvalue weighted by Gasteiger charge is 2.33. The van der Waals surface area contributed by atoms with Crippen LogP contribution in [-0.4, -0.2) is 37.9 Å². The van der Waals surface area contributed by atoms with Crippen molar-refractivity contribution in [3.8, 4) is 5.82 Å². The van der Waals surface area contributed by atoms with Gasteiger partial charge in [0, 0.05) is 18.5 Å². The molecule has 1 N–H and O–H groups in total. The molecule has 0 saturated heterocycles. The molecule has 1 aromatic carbocycles. The largest absolute Gasteiger partial charge is 0.433 e. The highest BCUT2D eigenvalue weighted by atomic mass is 32.2. The van der Waals surface area contributed by atoms with Crippen LogP contribution in [0.2, 0.25) is 0 Å².